The first kappa shape index (κ1) is 14.3. The summed E-state index contributed by atoms with van der Waals surface area (Å²) in [7, 11) is 0. The van der Waals surface area contributed by atoms with Crippen molar-refractivity contribution in [3.05, 3.63) is 42.0 Å². The summed E-state index contributed by atoms with van der Waals surface area (Å²) in [6, 6.07) is 5.39. The van der Waals surface area contributed by atoms with E-state index < -0.39 is 41.9 Å². The van der Waals surface area contributed by atoms with E-state index in [2.05, 4.69) is 5.32 Å². The second kappa shape index (κ2) is 5.27. The minimum atomic E-state index is -1.33. The quantitative estimate of drug-likeness (QED) is 0.663. The number of amides is 1. The van der Waals surface area contributed by atoms with Gasteiger partial charge in [-0.25, -0.2) is 0 Å². The molecule has 2 aliphatic rings. The predicted octanol–water partition coefficient (Wildman–Crippen LogP) is -1.69. The van der Waals surface area contributed by atoms with Crippen molar-refractivity contribution in [2.45, 2.75) is 12.2 Å². The maximum atomic E-state index is 12.3. The molecule has 0 aromatic heterocycles. The zero-order chi connectivity index (χ0) is 15.9. The molecule has 1 aromatic carbocycles. The van der Waals surface area contributed by atoms with Gasteiger partial charge >= 0.3 is 0 Å². The molecule has 0 spiro atoms. The van der Waals surface area contributed by atoms with Crippen molar-refractivity contribution in [2.75, 3.05) is 5.32 Å². The molecule has 2 bridgehead atoms. The van der Waals surface area contributed by atoms with Crippen molar-refractivity contribution in [2.24, 2.45) is 11.8 Å². The van der Waals surface area contributed by atoms with Gasteiger partial charge in [0.1, 0.15) is 0 Å². The van der Waals surface area contributed by atoms with Crippen LogP contribution in [0, 0.1) is 11.8 Å². The van der Waals surface area contributed by atoms with E-state index in [1.807, 2.05) is 0 Å². The third kappa shape index (κ3) is 2.35. The van der Waals surface area contributed by atoms with Crippen LogP contribution in [0.3, 0.4) is 0 Å². The number of anilines is 1. The van der Waals surface area contributed by atoms with Crippen LogP contribution in [0.5, 0.6) is 0 Å². The Balaban J connectivity index is 1.75. The third-order valence-corrected chi connectivity index (χ3v) is 3.86. The van der Waals surface area contributed by atoms with Gasteiger partial charge in [0.15, 0.2) is 0 Å². The Labute approximate surface area is 125 Å². The summed E-state index contributed by atoms with van der Waals surface area (Å²) in [5.74, 6) is -5.06. The smallest absolute Gasteiger partial charge is 0.231 e. The minimum Gasteiger partial charge on any atom is -0.550 e. The van der Waals surface area contributed by atoms with E-state index in [0.29, 0.717) is 5.69 Å². The predicted molar refractivity (Wildman–Crippen MR) is 69.2 cm³/mol. The number of carboxylic acid groups (broad SMARTS) is 2. The Morgan fingerprint density at radius 2 is 1.55 bits per heavy atom. The van der Waals surface area contributed by atoms with E-state index in [1.54, 1.807) is 12.2 Å². The monoisotopic (exact) mass is 301 g/mol. The molecule has 2 aliphatic heterocycles. The second-order valence-electron chi connectivity index (χ2n) is 5.17. The molecule has 1 fully saturated rings. The van der Waals surface area contributed by atoms with Gasteiger partial charge in [0, 0.05) is 17.6 Å². The molecule has 3 rings (SSSR count). The van der Waals surface area contributed by atoms with Crippen LogP contribution < -0.4 is 15.5 Å². The highest BCUT2D eigenvalue weighted by atomic mass is 16.5. The number of aliphatic carboxylic acids is 1. The van der Waals surface area contributed by atoms with Crippen LogP contribution in [0.2, 0.25) is 0 Å². The molecule has 1 saturated heterocycles. The maximum Gasteiger partial charge on any atom is 0.231 e. The van der Waals surface area contributed by atoms with Gasteiger partial charge < -0.3 is 29.9 Å². The first-order chi connectivity index (χ1) is 10.5. The topological polar surface area (TPSA) is 119 Å². The second-order valence-corrected chi connectivity index (χ2v) is 5.17. The van der Waals surface area contributed by atoms with Crippen LogP contribution in [0.4, 0.5) is 5.69 Å². The maximum absolute atomic E-state index is 12.3. The number of hydrogen-bond donors (Lipinski definition) is 1. The number of fused-ring (bicyclic) bond motifs is 2. The number of rotatable bonds is 4. The lowest BCUT2D eigenvalue weighted by atomic mass is 9.82. The van der Waals surface area contributed by atoms with E-state index in [9.17, 15) is 24.6 Å². The summed E-state index contributed by atoms with van der Waals surface area (Å²) in [6.45, 7) is 0. The lowest BCUT2D eigenvalue weighted by molar-refractivity contribution is -0.313. The average Bonchev–Trinajstić information content (AvgIpc) is 3.08. The summed E-state index contributed by atoms with van der Waals surface area (Å²) in [5, 5.41) is 24.4. The molecule has 0 unspecified atom stereocenters. The number of hydrogen-bond acceptors (Lipinski definition) is 6. The lowest BCUT2D eigenvalue weighted by Crippen LogP contribution is -2.45. The molecule has 0 radical (unpaired) electrons. The van der Waals surface area contributed by atoms with Crippen molar-refractivity contribution in [1.82, 2.24) is 0 Å². The molecule has 7 nitrogen and oxygen atoms in total. The van der Waals surface area contributed by atoms with Crippen molar-refractivity contribution < 1.29 is 29.3 Å². The molecule has 114 valence electrons. The van der Waals surface area contributed by atoms with E-state index in [-0.39, 0.29) is 5.56 Å². The summed E-state index contributed by atoms with van der Waals surface area (Å²) in [6.07, 6.45) is 2.04. The van der Waals surface area contributed by atoms with Crippen LogP contribution in [-0.4, -0.2) is 30.1 Å². The fraction of sp³-hybridized carbons (Fsp3) is 0.267. The van der Waals surface area contributed by atoms with Gasteiger partial charge in [0.25, 0.3) is 0 Å². The van der Waals surface area contributed by atoms with E-state index in [0.717, 1.165) is 0 Å². The number of aromatic carboxylic acids is 1. The molecule has 0 saturated carbocycles. The Hall–Kier alpha value is -2.67. The molecule has 1 N–H and O–H groups in total. The number of carbonyl (C=O) groups excluding carboxylic acids is 3. The van der Waals surface area contributed by atoms with Gasteiger partial charge in [-0.3, -0.25) is 4.79 Å². The van der Waals surface area contributed by atoms with Gasteiger partial charge in [0.05, 0.1) is 24.1 Å². The van der Waals surface area contributed by atoms with Crippen LogP contribution in [0.1, 0.15) is 10.4 Å². The van der Waals surface area contributed by atoms with Crippen molar-refractivity contribution >= 4 is 23.5 Å². The summed E-state index contributed by atoms with van der Waals surface area (Å²) in [5.41, 5.74) is 0.343. The summed E-state index contributed by atoms with van der Waals surface area (Å²) in [4.78, 5) is 34.1. The first-order valence-corrected chi connectivity index (χ1v) is 6.64. The van der Waals surface area contributed by atoms with Crippen molar-refractivity contribution in [3.8, 4) is 0 Å². The molecule has 7 heteroatoms. The largest absolute Gasteiger partial charge is 0.550 e. The molecular formula is C15H11NO6-2. The zero-order valence-corrected chi connectivity index (χ0v) is 11.2. The van der Waals surface area contributed by atoms with Gasteiger partial charge in [0.2, 0.25) is 5.91 Å². The number of carbonyl (C=O) groups is 3. The van der Waals surface area contributed by atoms with E-state index >= 15 is 0 Å². The molecule has 2 heterocycles. The van der Waals surface area contributed by atoms with Crippen molar-refractivity contribution in [3.63, 3.8) is 0 Å². The average molecular weight is 301 g/mol. The minimum absolute atomic E-state index is 0.0169. The van der Waals surface area contributed by atoms with E-state index in [1.165, 1.54) is 24.3 Å². The Morgan fingerprint density at radius 3 is 2.09 bits per heavy atom. The normalized spacial score (nSPS) is 28.5. The highest BCUT2D eigenvalue weighted by Gasteiger charge is 2.50. The lowest BCUT2D eigenvalue weighted by Gasteiger charge is -2.25. The van der Waals surface area contributed by atoms with Gasteiger partial charge in [-0.2, -0.15) is 0 Å². The fourth-order valence-corrected chi connectivity index (χ4v) is 2.82. The molecule has 22 heavy (non-hydrogen) atoms. The number of carboxylic acids is 2. The number of nitrogens with one attached hydrogen (secondary N) is 1. The van der Waals surface area contributed by atoms with Gasteiger partial charge in [-0.15, -0.1) is 0 Å². The number of ether oxygens (including phenoxy) is 1. The third-order valence-electron chi connectivity index (χ3n) is 3.86. The standard InChI is InChI=1S/C15H13NO6/c17-13(16-8-3-1-7(2-4-8)14(18)19)11-9-5-6-10(22-9)12(11)15(20)21/h1-6,9-12H,(H,16,17)(H,18,19)(H,20,21)/p-2/t9-,10+,11+,12+/m1/s1. The molecule has 1 aromatic rings. The fourth-order valence-electron chi connectivity index (χ4n) is 2.82. The number of benzene rings is 1. The summed E-state index contributed by atoms with van der Waals surface area (Å²) >= 11 is 0. The zero-order valence-electron chi connectivity index (χ0n) is 11.2. The van der Waals surface area contributed by atoms with Crippen LogP contribution >= 0.6 is 0 Å². The highest BCUT2D eigenvalue weighted by molar-refractivity contribution is 5.97. The Morgan fingerprint density at radius 1 is 0.955 bits per heavy atom. The van der Waals surface area contributed by atoms with Gasteiger partial charge in [-0.1, -0.05) is 24.3 Å². The molecule has 4 atom stereocenters. The van der Waals surface area contributed by atoms with Crippen LogP contribution in [0.25, 0.3) is 0 Å². The van der Waals surface area contributed by atoms with E-state index in [4.69, 9.17) is 4.74 Å². The molecular weight excluding hydrogens is 290 g/mol. The molecule has 0 aliphatic carbocycles. The molecule has 1 amide bonds. The summed E-state index contributed by atoms with van der Waals surface area (Å²) < 4.78 is 5.39. The van der Waals surface area contributed by atoms with Crippen molar-refractivity contribution in [1.29, 1.82) is 0 Å². The SMILES string of the molecule is O=C([O-])c1ccc(NC(=O)[C@@H]2[C@@H](C(=O)[O-])[C@@H]3C=C[C@H]2O3)cc1. The van der Waals surface area contributed by atoms with Crippen LogP contribution in [-0.2, 0) is 14.3 Å². The van der Waals surface area contributed by atoms with Gasteiger partial charge in [-0.05, 0) is 17.7 Å². The Bertz CT molecular complexity index is 665. The van der Waals surface area contributed by atoms with Crippen LogP contribution in [0.15, 0.2) is 36.4 Å². The first-order valence-electron chi connectivity index (χ1n) is 6.64. The Kier molecular flexibility index (Phi) is 3.42. The highest BCUT2D eigenvalue weighted by Crippen LogP contribution is 2.39.